The molecule has 1 atom stereocenters. The average Bonchev–Trinajstić information content (AvgIpc) is 3.34. The van der Waals surface area contributed by atoms with Crippen LogP contribution in [0.15, 0.2) is 87.6 Å². The normalized spacial score (nSPS) is 14.5. The Morgan fingerprint density at radius 1 is 1.15 bits per heavy atom. The number of rotatable bonds is 9. The molecule has 7 nitrogen and oxygen atoms in total. The SMILES string of the molecule is CCCSc1nc2n(n1)C(c1cc(Br)ccc1OCc1ccc(Cl)cc1Cl)C(C(=O)Nc1ccccc1)=C(C)N2. The highest BCUT2D eigenvalue weighted by atomic mass is 79.9. The summed E-state index contributed by atoms with van der Waals surface area (Å²) in [6.45, 7) is 4.20. The largest absolute Gasteiger partial charge is 0.488 e. The molecule has 4 aromatic rings. The summed E-state index contributed by atoms with van der Waals surface area (Å²) in [5.74, 6) is 1.78. The lowest BCUT2D eigenvalue weighted by Crippen LogP contribution is -2.31. The molecule has 2 N–H and O–H groups in total. The molecular weight excluding hydrogens is 633 g/mol. The standard InChI is InChI=1S/C29H26BrCl2N5O2S/c1-3-13-40-29-35-28-33-17(2)25(27(38)34-21-7-5-4-6-8-21)26(37(28)36-29)22-14-19(30)10-12-24(22)39-16-18-9-11-20(31)15-23(18)32/h4-12,14-15,26H,3,13,16H2,1-2H3,(H,34,38)(H,33,35,36). The number of amides is 1. The number of halogens is 3. The van der Waals surface area contributed by atoms with Crippen LogP contribution in [0.4, 0.5) is 11.6 Å². The van der Waals surface area contributed by atoms with E-state index < -0.39 is 6.04 Å². The van der Waals surface area contributed by atoms with Gasteiger partial charge in [-0.2, -0.15) is 4.98 Å². The number of anilines is 2. The first-order valence-electron chi connectivity index (χ1n) is 12.6. The zero-order valence-electron chi connectivity index (χ0n) is 21.7. The van der Waals surface area contributed by atoms with Gasteiger partial charge in [-0.05, 0) is 55.8 Å². The molecule has 0 bridgehead atoms. The van der Waals surface area contributed by atoms with Gasteiger partial charge in [0.25, 0.3) is 5.91 Å². The summed E-state index contributed by atoms with van der Waals surface area (Å²) >= 11 is 17.7. The lowest BCUT2D eigenvalue weighted by Gasteiger charge is -2.30. The van der Waals surface area contributed by atoms with Gasteiger partial charge in [-0.25, -0.2) is 4.68 Å². The van der Waals surface area contributed by atoms with Crippen LogP contribution in [0, 0.1) is 0 Å². The van der Waals surface area contributed by atoms with E-state index in [0.29, 0.717) is 43.9 Å². The Bertz CT molecular complexity index is 1580. The molecule has 0 saturated heterocycles. The van der Waals surface area contributed by atoms with Crippen LogP contribution >= 0.6 is 50.9 Å². The molecule has 1 unspecified atom stereocenters. The zero-order chi connectivity index (χ0) is 28.2. The summed E-state index contributed by atoms with van der Waals surface area (Å²) in [7, 11) is 0. The molecular formula is C29H26BrCl2N5O2S. The maximum absolute atomic E-state index is 13.8. The van der Waals surface area contributed by atoms with Crippen molar-refractivity contribution in [3.05, 3.63) is 104 Å². The van der Waals surface area contributed by atoms with Crippen molar-refractivity contribution in [2.24, 2.45) is 0 Å². The number of aromatic nitrogens is 3. The van der Waals surface area contributed by atoms with Gasteiger partial charge in [0.15, 0.2) is 0 Å². The van der Waals surface area contributed by atoms with Crippen molar-refractivity contribution in [2.45, 2.75) is 38.1 Å². The number of allylic oxidation sites excluding steroid dienone is 1. The smallest absolute Gasteiger partial charge is 0.255 e. The Labute approximate surface area is 255 Å². The van der Waals surface area contributed by atoms with Crippen molar-refractivity contribution in [1.82, 2.24) is 14.8 Å². The van der Waals surface area contributed by atoms with Crippen LogP contribution < -0.4 is 15.4 Å². The monoisotopic (exact) mass is 657 g/mol. The second kappa shape index (κ2) is 12.7. The van der Waals surface area contributed by atoms with Crippen molar-refractivity contribution in [2.75, 3.05) is 16.4 Å². The number of nitrogens with one attached hydrogen (secondary N) is 2. The van der Waals surface area contributed by atoms with Gasteiger partial charge in [0.1, 0.15) is 18.4 Å². The van der Waals surface area contributed by atoms with Crippen LogP contribution in [0.5, 0.6) is 5.75 Å². The minimum atomic E-state index is -0.614. The molecule has 0 saturated carbocycles. The first-order chi connectivity index (χ1) is 19.3. The molecule has 1 aliphatic rings. The molecule has 1 aromatic heterocycles. The quantitative estimate of drug-likeness (QED) is 0.176. The van der Waals surface area contributed by atoms with E-state index in [1.54, 1.807) is 28.6 Å². The van der Waals surface area contributed by atoms with Gasteiger partial charge in [0, 0.05) is 42.8 Å². The van der Waals surface area contributed by atoms with E-state index in [4.69, 9.17) is 38.0 Å². The average molecular weight is 659 g/mol. The number of carbonyl (C=O) groups excluding carboxylic acids is 1. The lowest BCUT2D eigenvalue weighted by atomic mass is 9.94. The van der Waals surface area contributed by atoms with Gasteiger partial charge in [-0.1, -0.05) is 82.1 Å². The lowest BCUT2D eigenvalue weighted by molar-refractivity contribution is -0.113. The van der Waals surface area contributed by atoms with E-state index in [0.717, 1.165) is 27.8 Å². The Morgan fingerprint density at radius 2 is 1.95 bits per heavy atom. The summed E-state index contributed by atoms with van der Waals surface area (Å²) in [6, 6.07) is 19.8. The predicted octanol–water partition coefficient (Wildman–Crippen LogP) is 8.36. The number of ether oxygens (including phenoxy) is 1. The third-order valence-electron chi connectivity index (χ3n) is 6.21. The third-order valence-corrected chi connectivity index (χ3v) is 8.33. The van der Waals surface area contributed by atoms with Crippen LogP contribution in [-0.2, 0) is 11.4 Å². The number of hydrogen-bond acceptors (Lipinski definition) is 6. The van der Waals surface area contributed by atoms with Crippen LogP contribution in [0.2, 0.25) is 10.0 Å². The summed E-state index contributed by atoms with van der Waals surface area (Å²) in [6.07, 6.45) is 0.990. The Kier molecular flexibility index (Phi) is 9.05. The highest BCUT2D eigenvalue weighted by molar-refractivity contribution is 9.10. The fraction of sp³-hybridized carbons (Fsp3) is 0.207. The second-order valence-electron chi connectivity index (χ2n) is 9.10. The predicted molar refractivity (Wildman–Crippen MR) is 166 cm³/mol. The van der Waals surface area contributed by atoms with E-state index in [1.165, 1.54) is 0 Å². The first kappa shape index (κ1) is 28.5. The minimum absolute atomic E-state index is 0.214. The van der Waals surface area contributed by atoms with E-state index >= 15 is 0 Å². The van der Waals surface area contributed by atoms with Crippen LogP contribution in [-0.4, -0.2) is 26.4 Å². The summed E-state index contributed by atoms with van der Waals surface area (Å²) < 4.78 is 8.92. The van der Waals surface area contributed by atoms with E-state index in [1.807, 2.05) is 61.5 Å². The van der Waals surface area contributed by atoms with E-state index in [-0.39, 0.29) is 12.5 Å². The number of hydrogen-bond donors (Lipinski definition) is 2. The number of carbonyl (C=O) groups is 1. The maximum Gasteiger partial charge on any atom is 0.255 e. The molecule has 2 heterocycles. The molecule has 1 amide bonds. The van der Waals surface area contributed by atoms with E-state index in [2.05, 4.69) is 33.5 Å². The molecule has 40 heavy (non-hydrogen) atoms. The van der Waals surface area contributed by atoms with Crippen LogP contribution in [0.25, 0.3) is 0 Å². The molecule has 5 rings (SSSR count). The zero-order valence-corrected chi connectivity index (χ0v) is 25.7. The van der Waals surface area contributed by atoms with Gasteiger partial charge in [-0.3, -0.25) is 4.79 Å². The van der Waals surface area contributed by atoms with Gasteiger partial charge >= 0.3 is 0 Å². The van der Waals surface area contributed by atoms with Crippen LogP contribution in [0.3, 0.4) is 0 Å². The minimum Gasteiger partial charge on any atom is -0.488 e. The Hall–Kier alpha value is -2.98. The van der Waals surface area contributed by atoms with Gasteiger partial charge in [0.05, 0.1) is 5.57 Å². The number of para-hydroxylation sites is 1. The highest BCUT2D eigenvalue weighted by Crippen LogP contribution is 2.41. The second-order valence-corrected chi connectivity index (χ2v) is 11.9. The molecule has 0 aliphatic carbocycles. The number of fused-ring (bicyclic) bond motifs is 1. The number of nitrogens with zero attached hydrogens (tertiary/aromatic N) is 3. The molecule has 11 heteroatoms. The van der Waals surface area contributed by atoms with Crippen LogP contribution in [0.1, 0.15) is 37.4 Å². The fourth-order valence-electron chi connectivity index (χ4n) is 4.35. The Balaban J connectivity index is 1.58. The Morgan fingerprint density at radius 3 is 2.70 bits per heavy atom. The maximum atomic E-state index is 13.8. The first-order valence-corrected chi connectivity index (χ1v) is 15.2. The molecule has 0 radical (unpaired) electrons. The molecule has 1 aliphatic heterocycles. The van der Waals surface area contributed by atoms with Crippen molar-refractivity contribution in [3.63, 3.8) is 0 Å². The summed E-state index contributed by atoms with van der Waals surface area (Å²) in [5.41, 5.74) is 3.41. The highest BCUT2D eigenvalue weighted by Gasteiger charge is 2.36. The van der Waals surface area contributed by atoms with Gasteiger partial charge in [-0.15, -0.1) is 5.10 Å². The van der Waals surface area contributed by atoms with Crippen molar-refractivity contribution in [1.29, 1.82) is 0 Å². The van der Waals surface area contributed by atoms with Crippen molar-refractivity contribution >= 4 is 68.4 Å². The number of thioether (sulfide) groups is 1. The summed E-state index contributed by atoms with van der Waals surface area (Å²) in [5, 5.41) is 12.8. The molecule has 0 fully saturated rings. The van der Waals surface area contributed by atoms with E-state index in [9.17, 15) is 4.79 Å². The van der Waals surface area contributed by atoms with Gasteiger partial charge in [0.2, 0.25) is 11.1 Å². The van der Waals surface area contributed by atoms with Gasteiger partial charge < -0.3 is 15.4 Å². The fourth-order valence-corrected chi connectivity index (χ4v) is 5.87. The third kappa shape index (κ3) is 6.33. The molecule has 0 spiro atoms. The topological polar surface area (TPSA) is 81.1 Å². The van der Waals surface area contributed by atoms with Crippen molar-refractivity contribution in [3.8, 4) is 5.75 Å². The van der Waals surface area contributed by atoms with Crippen molar-refractivity contribution < 1.29 is 9.53 Å². The summed E-state index contributed by atoms with van der Waals surface area (Å²) in [4.78, 5) is 18.6. The number of benzene rings is 3. The molecule has 3 aromatic carbocycles. The molecule has 206 valence electrons.